The lowest BCUT2D eigenvalue weighted by molar-refractivity contribution is 0.273. The van der Waals surface area contributed by atoms with Crippen LogP contribution in [0.15, 0.2) is 186 Å². The Morgan fingerprint density at radius 1 is 0.597 bits per heavy atom. The van der Waals surface area contributed by atoms with Gasteiger partial charge in [0.05, 0.1) is 61.4 Å². The summed E-state index contributed by atoms with van der Waals surface area (Å²) in [5.41, 5.74) is 12.4. The number of alkyl halides is 2. The van der Waals surface area contributed by atoms with Gasteiger partial charge in [-0.05, 0) is 84.6 Å². The van der Waals surface area contributed by atoms with E-state index in [1.165, 1.54) is 11.8 Å². The molecular formula is C60H55BBrF2N11O2. The van der Waals surface area contributed by atoms with Gasteiger partial charge >= 0.3 is 7.12 Å². The zero-order valence-corrected chi connectivity index (χ0v) is 44.5. The number of pyridine rings is 2. The van der Waals surface area contributed by atoms with Gasteiger partial charge in [-0.15, -0.1) is 0 Å². The number of rotatable bonds is 10. The molecule has 8 heterocycles. The Morgan fingerprint density at radius 2 is 1.14 bits per heavy atom. The normalized spacial score (nSPS) is 14.2. The third-order valence-corrected chi connectivity index (χ3v) is 15.2. The Labute approximate surface area is 454 Å². The zero-order valence-electron chi connectivity index (χ0n) is 43.0. The van der Waals surface area contributed by atoms with Crippen molar-refractivity contribution >= 4 is 56.9 Å². The predicted octanol–water partition coefficient (Wildman–Crippen LogP) is 9.57. The molecule has 5 aromatic carbocycles. The van der Waals surface area contributed by atoms with E-state index in [-0.39, 0.29) is 0 Å². The maximum absolute atomic E-state index is 13.7. The molecule has 13 nitrogen and oxygen atoms in total. The molecule has 3 aliphatic heterocycles. The number of anilines is 2. The van der Waals surface area contributed by atoms with Crippen molar-refractivity contribution in [3.05, 3.63) is 226 Å². The molecule has 0 amide bonds. The Morgan fingerprint density at radius 3 is 1.65 bits per heavy atom. The highest BCUT2D eigenvalue weighted by molar-refractivity contribution is 9.10. The molecule has 0 saturated carbocycles. The summed E-state index contributed by atoms with van der Waals surface area (Å²) in [6.07, 6.45) is 5.38. The topological polar surface area (TPSA) is 139 Å². The van der Waals surface area contributed by atoms with Crippen molar-refractivity contribution in [2.24, 2.45) is 19.1 Å². The summed E-state index contributed by atoms with van der Waals surface area (Å²) in [6, 6.07) is 52.5. The van der Waals surface area contributed by atoms with E-state index in [1.807, 2.05) is 72.4 Å². The molecule has 0 spiro atoms. The highest BCUT2D eigenvalue weighted by Crippen LogP contribution is 2.45. The average Bonchev–Trinajstić information content (AvgIpc) is 4.45. The lowest BCUT2D eigenvalue weighted by atomic mass is 9.77. The van der Waals surface area contributed by atoms with E-state index in [0.717, 1.165) is 94.7 Å². The van der Waals surface area contributed by atoms with Gasteiger partial charge in [-0.1, -0.05) is 119 Å². The van der Waals surface area contributed by atoms with Gasteiger partial charge in [0.15, 0.2) is 0 Å². The molecule has 2 saturated heterocycles. The highest BCUT2D eigenvalue weighted by atomic mass is 79.9. The van der Waals surface area contributed by atoms with E-state index >= 15 is 0 Å². The van der Waals surface area contributed by atoms with Gasteiger partial charge in [0.1, 0.15) is 46.9 Å². The Balaban J connectivity index is 0.000000146. The van der Waals surface area contributed by atoms with E-state index in [0.29, 0.717) is 38.3 Å². The monoisotopic (exact) mass is 1090 g/mol. The second-order valence-electron chi connectivity index (χ2n) is 19.5. The summed E-state index contributed by atoms with van der Waals surface area (Å²) < 4.78 is 33.7. The number of aryl methyl sites for hydroxylation is 2. The number of imidazole rings is 2. The number of hydrogen-bond acceptors (Lipinski definition) is 10. The van der Waals surface area contributed by atoms with E-state index in [1.54, 1.807) is 30.9 Å². The number of hydrogen-bond donors (Lipinski definition) is 2. The Bertz CT molecular complexity index is 3650. The summed E-state index contributed by atoms with van der Waals surface area (Å²) in [7, 11) is 2.34. The fourth-order valence-electron chi connectivity index (χ4n) is 10.3. The number of aromatic nitrogens is 8. The first-order valence-electron chi connectivity index (χ1n) is 25.4. The van der Waals surface area contributed by atoms with E-state index < -0.39 is 25.0 Å². The summed E-state index contributed by atoms with van der Waals surface area (Å²) in [4.78, 5) is 25.9. The van der Waals surface area contributed by atoms with Crippen molar-refractivity contribution < 1.29 is 18.8 Å². The van der Waals surface area contributed by atoms with Gasteiger partial charge in [-0.2, -0.15) is 5.10 Å². The maximum atomic E-state index is 13.7. The molecule has 0 unspecified atom stereocenters. The Kier molecular flexibility index (Phi) is 14.2. The molecule has 0 atom stereocenters. The summed E-state index contributed by atoms with van der Waals surface area (Å²) in [6.45, 7) is 6.06. The van der Waals surface area contributed by atoms with Gasteiger partial charge < -0.3 is 29.0 Å². The molecule has 2 N–H and O–H groups in total. The molecule has 0 bridgehead atoms. The second kappa shape index (κ2) is 21.5. The minimum atomic E-state index is -1.42. The van der Waals surface area contributed by atoms with Crippen molar-refractivity contribution in [3.63, 3.8) is 0 Å². The lowest BCUT2D eigenvalue weighted by Gasteiger charge is -2.37. The van der Waals surface area contributed by atoms with Crippen molar-refractivity contribution in [3.8, 4) is 22.5 Å². The summed E-state index contributed by atoms with van der Waals surface area (Å²) in [5.74, 6) is 3.34. The molecule has 13 rings (SSSR count). The van der Waals surface area contributed by atoms with Crippen LogP contribution in [0.25, 0.3) is 33.4 Å². The molecule has 0 aliphatic carbocycles. The van der Waals surface area contributed by atoms with Crippen LogP contribution in [0, 0.1) is 13.8 Å². The minimum Gasteiger partial charge on any atom is -0.422 e. The van der Waals surface area contributed by atoms with Crippen LogP contribution >= 0.6 is 15.9 Å². The Hall–Kier alpha value is -8.12. The number of aliphatic imine (C=N–C) groups is 1. The van der Waals surface area contributed by atoms with Gasteiger partial charge in [0, 0.05) is 64.8 Å². The smallest absolute Gasteiger partial charge is 0.422 e. The predicted molar refractivity (Wildman–Crippen MR) is 304 cm³/mol. The highest BCUT2D eigenvalue weighted by Gasteiger charge is 2.41. The first kappa shape index (κ1) is 51.0. The third kappa shape index (κ3) is 9.86. The number of nitrogens with zero attached hydrogens (tertiary/aromatic N) is 11. The van der Waals surface area contributed by atoms with Gasteiger partial charge in [-0.3, -0.25) is 4.99 Å². The molecular weight excluding hydrogens is 1040 g/mol. The van der Waals surface area contributed by atoms with Crippen LogP contribution in [0.5, 0.6) is 0 Å². The van der Waals surface area contributed by atoms with Crippen LogP contribution < -0.4 is 15.4 Å². The van der Waals surface area contributed by atoms with Crippen LogP contribution in [-0.2, 0) is 26.2 Å². The van der Waals surface area contributed by atoms with E-state index in [4.69, 9.17) is 20.1 Å². The van der Waals surface area contributed by atoms with Crippen LogP contribution in [0.3, 0.4) is 0 Å². The van der Waals surface area contributed by atoms with Gasteiger partial charge in [0.25, 0.3) is 0 Å². The number of fused-ring (bicyclic) bond motifs is 2. The van der Waals surface area contributed by atoms with Crippen molar-refractivity contribution in [1.82, 2.24) is 38.9 Å². The molecule has 386 valence electrons. The van der Waals surface area contributed by atoms with Gasteiger partial charge in [0.2, 0.25) is 0 Å². The first-order valence-corrected chi connectivity index (χ1v) is 26.2. The molecule has 77 heavy (non-hydrogen) atoms. The SMILES string of the molecule is Cc1ncc(-c2ccc3c(c2)C(c2ccnc(N4CC(F)C4)c2)=NC3)n1C.Cc1ncc(B(O)O)n1C.FC1CN(c2cc(-c3nn(C(c4ccccc4)(c4ccccc4)c4ccccc4)c4ccc(Br)cc34)ccn2)C1. The van der Waals surface area contributed by atoms with Crippen LogP contribution in [-0.4, -0.2) is 100 Å². The largest absolute Gasteiger partial charge is 0.507 e. The molecule has 10 aromatic rings. The van der Waals surface area contributed by atoms with Gasteiger partial charge in [-0.25, -0.2) is 33.4 Å². The van der Waals surface area contributed by atoms with Crippen LogP contribution in [0.1, 0.15) is 45.0 Å². The maximum Gasteiger partial charge on any atom is 0.507 e. The van der Waals surface area contributed by atoms with Crippen LogP contribution in [0.2, 0.25) is 0 Å². The molecule has 5 aromatic heterocycles. The molecule has 2 fully saturated rings. The van der Waals surface area contributed by atoms with E-state index in [9.17, 15) is 8.78 Å². The van der Waals surface area contributed by atoms with E-state index in [2.05, 4.69) is 154 Å². The fraction of sp³-hybridized carbons (Fsp3) is 0.200. The fourth-order valence-corrected chi connectivity index (χ4v) is 10.6. The standard InChI is InChI=1S/C34H26BrFN4.C21H20FN5.C5H9BN2O2/c35-28-16-17-31-30(21-28)33(24-18-19-37-32(20-24)39-22-29(36)23-39)38-40(31)34(25-10-4-1-5-11-25,26-12-6-2-7-13-26)27-14-8-3-9-15-27;1-13-24-10-19(26(13)2)14-3-4-16-9-25-21(18(16)7-14)15-5-6-23-20(8-15)27-11-17(22)12-27;1-4-7-3-5(6(9)10)8(4)2/h1-21,29H,22-23H2;3-8,10,17H,9,11-12H2,1-2H3;3,9-10H,1-2H3. The summed E-state index contributed by atoms with van der Waals surface area (Å²) in [5, 5.41) is 23.9. The third-order valence-electron chi connectivity index (χ3n) is 14.7. The summed E-state index contributed by atoms with van der Waals surface area (Å²) >= 11 is 3.70. The van der Waals surface area contributed by atoms with Crippen molar-refractivity contribution in [1.29, 1.82) is 0 Å². The average molecular weight is 1090 g/mol. The first-order chi connectivity index (χ1) is 37.4. The van der Waals surface area contributed by atoms with Crippen molar-refractivity contribution in [2.75, 3.05) is 36.0 Å². The lowest BCUT2D eigenvalue weighted by Crippen LogP contribution is -2.48. The minimum absolute atomic E-state index is 0.371. The number of halogens is 3. The molecule has 17 heteroatoms. The van der Waals surface area contributed by atoms with Crippen LogP contribution in [0.4, 0.5) is 20.4 Å². The molecule has 3 aliphatic rings. The second-order valence-corrected chi connectivity index (χ2v) is 20.4. The zero-order chi connectivity index (χ0) is 53.4. The number of benzene rings is 5. The van der Waals surface area contributed by atoms with Crippen molar-refractivity contribution in [2.45, 2.75) is 38.3 Å². The quantitative estimate of drug-likeness (QED) is 0.101. The molecule has 0 radical (unpaired) electrons.